The Morgan fingerprint density at radius 3 is 1.37 bits per heavy atom. The monoisotopic (exact) mass is 1190 g/mol. The van der Waals surface area contributed by atoms with Crippen molar-refractivity contribution in [3.8, 4) is 44.4 Å². The van der Waals surface area contributed by atoms with Crippen molar-refractivity contribution in [1.82, 2.24) is 20.4 Å². The van der Waals surface area contributed by atoms with Gasteiger partial charge in [-0.2, -0.15) is 37.4 Å². The molecule has 0 N–H and O–H groups in total. The minimum Gasteiger partial charge on any atom is -0.437 e. The molecule has 0 bridgehead atoms. The summed E-state index contributed by atoms with van der Waals surface area (Å²) in [6, 6.07) is 45.2. The number of aryl methyl sites for hydroxylation is 2. The molecule has 4 aromatic heterocycles. The number of fused-ring (bicyclic) bond motifs is 4. The van der Waals surface area contributed by atoms with E-state index in [9.17, 15) is 13.2 Å². The van der Waals surface area contributed by atoms with Gasteiger partial charge < -0.3 is 9.47 Å². The summed E-state index contributed by atoms with van der Waals surface area (Å²) < 4.78 is 50.6. The molecule has 0 saturated heterocycles. The van der Waals surface area contributed by atoms with Crippen LogP contribution in [0.15, 0.2) is 138 Å². The summed E-state index contributed by atoms with van der Waals surface area (Å²) in [5, 5.41) is 29.3. The second-order valence-electron chi connectivity index (χ2n) is 13.4. The van der Waals surface area contributed by atoms with Crippen LogP contribution in [0.3, 0.4) is 0 Å². The molecule has 13 heteroatoms. The number of ether oxygens (including phenoxy) is 2. The zero-order valence-electron chi connectivity index (χ0n) is 31.5. The number of alkyl halides is 3. The first-order valence-corrected chi connectivity index (χ1v) is 19.8. The van der Waals surface area contributed by atoms with Gasteiger partial charge in [0.2, 0.25) is 11.8 Å². The van der Waals surface area contributed by atoms with E-state index in [1.54, 1.807) is 11.3 Å². The van der Waals surface area contributed by atoms with Crippen molar-refractivity contribution in [3.05, 3.63) is 167 Å². The van der Waals surface area contributed by atoms with Crippen molar-refractivity contribution in [2.75, 3.05) is 0 Å². The van der Waals surface area contributed by atoms with Gasteiger partial charge in [0, 0.05) is 62.4 Å². The summed E-state index contributed by atoms with van der Waals surface area (Å²) in [4.78, 5) is 1.83. The SMILES string of the molecule is Cc1cccc(C)c1Oc1nnc(-c2[c-]ccs2)c2cc3ccccc3cc12.FC(F)(F)c1ccc(Oc2nnc(-c3[c-]ccs3)c3cc4ccccc4cc23)cc1.[Ir].[Ir]. The molecule has 10 aromatic rings. The normalized spacial score (nSPS) is 11.2. The maximum atomic E-state index is 12.8. The molecule has 0 unspecified atom stereocenters. The van der Waals surface area contributed by atoms with Crippen LogP contribution in [0.4, 0.5) is 13.2 Å². The van der Waals surface area contributed by atoms with Crippen molar-refractivity contribution in [2.45, 2.75) is 20.0 Å². The van der Waals surface area contributed by atoms with Gasteiger partial charge in [0.25, 0.3) is 0 Å². The average Bonchev–Trinajstić information content (AvgIpc) is 3.97. The minimum atomic E-state index is -4.40. The molecule has 0 atom stereocenters. The third-order valence-corrected chi connectivity index (χ3v) is 11.2. The molecule has 0 spiro atoms. The van der Waals surface area contributed by atoms with Gasteiger partial charge in [-0.25, -0.2) is 32.9 Å². The van der Waals surface area contributed by atoms with Crippen molar-refractivity contribution >= 4 is 65.8 Å². The standard InChI is InChI=1S/C24H17N2OS.C23H12F3N2OS.2Ir/c1-15-7-5-8-16(2)23(15)27-24-20-14-18-10-4-3-9-17(18)13-19(20)22(25-26-24)21-11-6-12-28-21;24-23(25,26)16-7-9-17(10-8-16)29-22-19-13-15-5-2-1-4-14(15)12-18(19)21(27-28-22)20-6-3-11-30-20;;/h3-10,12-14H,1-2H3;1-5,7-13H;;/q2*-1;;. The van der Waals surface area contributed by atoms with Gasteiger partial charge in [0.15, 0.2) is 0 Å². The van der Waals surface area contributed by atoms with Crippen LogP contribution < -0.4 is 9.47 Å². The fourth-order valence-corrected chi connectivity index (χ4v) is 8.08. The van der Waals surface area contributed by atoms with Gasteiger partial charge in [0.05, 0.1) is 5.56 Å². The van der Waals surface area contributed by atoms with E-state index in [-0.39, 0.29) is 51.8 Å². The van der Waals surface area contributed by atoms with E-state index in [1.807, 2.05) is 103 Å². The van der Waals surface area contributed by atoms with Gasteiger partial charge in [-0.15, -0.1) is 21.0 Å². The fraction of sp³-hybridized carbons (Fsp3) is 0.0638. The number of para-hydroxylation sites is 1. The first-order valence-electron chi connectivity index (χ1n) is 18.1. The second-order valence-corrected chi connectivity index (χ2v) is 15.3. The molecule has 2 radical (unpaired) electrons. The Kier molecular flexibility index (Phi) is 12.9. The molecule has 10 rings (SSSR count). The number of nitrogens with zero attached hydrogens (tertiary/aromatic N) is 4. The van der Waals surface area contributed by atoms with E-state index in [4.69, 9.17) is 9.47 Å². The Bertz CT molecular complexity index is 3070. The molecule has 0 amide bonds. The van der Waals surface area contributed by atoms with Crippen molar-refractivity contribution in [2.24, 2.45) is 0 Å². The number of rotatable bonds is 6. The van der Waals surface area contributed by atoms with Crippen molar-refractivity contribution in [1.29, 1.82) is 0 Å². The van der Waals surface area contributed by atoms with Crippen LogP contribution in [0.2, 0.25) is 0 Å². The van der Waals surface area contributed by atoms with Gasteiger partial charge in [-0.1, -0.05) is 88.6 Å². The van der Waals surface area contributed by atoms with Crippen LogP contribution in [0.5, 0.6) is 23.3 Å². The van der Waals surface area contributed by atoms with Crippen LogP contribution in [0.25, 0.3) is 64.2 Å². The smallest absolute Gasteiger partial charge is 0.416 e. The summed E-state index contributed by atoms with van der Waals surface area (Å²) in [5.74, 6) is 1.85. The molecule has 6 nitrogen and oxygen atoms in total. The third kappa shape index (κ3) is 8.74. The third-order valence-electron chi connectivity index (χ3n) is 9.59. The minimum absolute atomic E-state index is 0. The number of benzene rings is 6. The summed E-state index contributed by atoms with van der Waals surface area (Å²) in [7, 11) is 0. The van der Waals surface area contributed by atoms with Crippen molar-refractivity contribution in [3.63, 3.8) is 0 Å². The number of aromatic nitrogens is 4. The molecule has 0 aliphatic carbocycles. The molecule has 0 fully saturated rings. The Balaban J connectivity index is 0.000000176. The predicted octanol–water partition coefficient (Wildman–Crippen LogP) is 13.8. The van der Waals surface area contributed by atoms with E-state index in [0.29, 0.717) is 11.6 Å². The molecule has 0 saturated carbocycles. The molecule has 4 heterocycles. The summed E-state index contributed by atoms with van der Waals surface area (Å²) in [5.41, 5.74) is 2.94. The topological polar surface area (TPSA) is 70.0 Å². The summed E-state index contributed by atoms with van der Waals surface area (Å²) in [6.45, 7) is 4.09. The Morgan fingerprint density at radius 1 is 0.517 bits per heavy atom. The zero-order chi connectivity index (χ0) is 39.8. The van der Waals surface area contributed by atoms with Crippen LogP contribution in [-0.2, 0) is 46.4 Å². The van der Waals surface area contributed by atoms with E-state index >= 15 is 0 Å². The molecule has 302 valence electrons. The molecular formula is C47H29F3Ir2N4O2S2-2. The van der Waals surface area contributed by atoms with E-state index in [2.05, 4.69) is 56.8 Å². The fourth-order valence-electron chi connectivity index (χ4n) is 6.74. The van der Waals surface area contributed by atoms with Gasteiger partial charge in [-0.3, -0.25) is 0 Å². The van der Waals surface area contributed by atoms with E-state index in [1.165, 1.54) is 28.9 Å². The van der Waals surface area contributed by atoms with Crippen LogP contribution in [-0.4, -0.2) is 20.4 Å². The first-order chi connectivity index (χ1) is 28.2. The Labute approximate surface area is 377 Å². The van der Waals surface area contributed by atoms with Crippen LogP contribution in [0.1, 0.15) is 16.7 Å². The molecular weight excluding hydrogens is 1160 g/mol. The number of thiophene rings is 2. The average molecular weight is 1190 g/mol. The Hall–Kier alpha value is -5.39. The second kappa shape index (κ2) is 18.1. The maximum Gasteiger partial charge on any atom is 0.416 e. The van der Waals surface area contributed by atoms with Gasteiger partial charge >= 0.3 is 6.18 Å². The largest absolute Gasteiger partial charge is 0.437 e. The van der Waals surface area contributed by atoms with E-state index in [0.717, 1.165) is 82.2 Å². The van der Waals surface area contributed by atoms with Crippen LogP contribution in [0, 0.1) is 26.0 Å². The molecule has 0 aliphatic rings. The Morgan fingerprint density at radius 2 is 0.950 bits per heavy atom. The number of halogens is 3. The zero-order valence-corrected chi connectivity index (χ0v) is 37.9. The maximum absolute atomic E-state index is 12.8. The molecule has 60 heavy (non-hydrogen) atoms. The van der Waals surface area contributed by atoms with Crippen LogP contribution >= 0.6 is 22.7 Å². The number of hydrogen-bond acceptors (Lipinski definition) is 8. The van der Waals surface area contributed by atoms with Gasteiger partial charge in [0.1, 0.15) is 11.5 Å². The molecule has 0 aliphatic heterocycles. The summed E-state index contributed by atoms with van der Waals surface area (Å²) in [6.07, 6.45) is -4.40. The number of hydrogen-bond donors (Lipinski definition) is 0. The van der Waals surface area contributed by atoms with Crippen molar-refractivity contribution < 1.29 is 62.9 Å². The first kappa shape index (κ1) is 42.7. The van der Waals surface area contributed by atoms with E-state index < -0.39 is 11.7 Å². The quantitative estimate of drug-likeness (QED) is 0.122. The predicted molar refractivity (Wildman–Crippen MR) is 226 cm³/mol. The van der Waals surface area contributed by atoms with Gasteiger partial charge in [-0.05, 0) is 93.7 Å². The molecule has 6 aromatic carbocycles. The summed E-state index contributed by atoms with van der Waals surface area (Å²) >= 11 is 3.12.